The molecule has 0 atom stereocenters. The molecule has 0 aliphatic rings. The first-order valence-corrected chi connectivity index (χ1v) is 16.1. The van der Waals surface area contributed by atoms with Crippen LogP contribution in [0.3, 0.4) is 0 Å². The highest BCUT2D eigenvalue weighted by Gasteiger charge is 2.04. The normalized spacial score (nSPS) is 10.9. The zero-order chi connectivity index (χ0) is 33.1. The molecular formula is C38H49ClN6. The highest BCUT2D eigenvalue weighted by molar-refractivity contribution is 6.30. The number of benzene rings is 1. The SMILES string of the molecule is CC(C)c1cc2cc[nH]c2cn1.CC(C)c1ccc2[nH]ccc2n1.CC(C)c1cccc(Cl)c1.Cc1nc(N)ccc1C(C)C. The van der Waals surface area contributed by atoms with Gasteiger partial charge in [-0.15, -0.1) is 0 Å². The summed E-state index contributed by atoms with van der Waals surface area (Å²) in [5.41, 5.74) is 14.7. The highest BCUT2D eigenvalue weighted by Crippen LogP contribution is 2.20. The molecule has 0 saturated heterocycles. The van der Waals surface area contributed by atoms with Gasteiger partial charge < -0.3 is 15.7 Å². The predicted octanol–water partition coefficient (Wildman–Crippen LogP) is 10.9. The molecule has 5 aromatic heterocycles. The number of hydrogen-bond acceptors (Lipinski definition) is 4. The number of aryl methyl sites for hydroxylation is 1. The molecule has 0 unspecified atom stereocenters. The van der Waals surface area contributed by atoms with Gasteiger partial charge in [-0.05, 0) is 90.3 Å². The lowest BCUT2D eigenvalue weighted by Crippen LogP contribution is -1.98. The van der Waals surface area contributed by atoms with Crippen molar-refractivity contribution in [2.75, 3.05) is 5.73 Å². The standard InChI is InChI=1S/2C10H12N2.C9H11Cl.C9H14N2/c1-7(2)9-5-8-3-4-11-10(8)6-12-9;1-7(2)8-3-4-9-10(12-8)5-6-11-9;1-7(2)8-4-3-5-9(10)6-8;1-6(2)8-4-5-9(10)11-7(8)3/h2*3-7,11H,1-2H3;3-7H,1-2H3;4-6H,1-3H3,(H2,10,11). The lowest BCUT2D eigenvalue weighted by Gasteiger charge is -2.08. The van der Waals surface area contributed by atoms with Crippen LogP contribution in [0.25, 0.3) is 21.9 Å². The van der Waals surface area contributed by atoms with Crippen LogP contribution in [0.1, 0.15) is 107 Å². The van der Waals surface area contributed by atoms with E-state index in [0.717, 1.165) is 38.7 Å². The number of anilines is 1. The minimum absolute atomic E-state index is 0.504. The zero-order valence-corrected chi connectivity index (χ0v) is 28.9. The third-order valence-electron chi connectivity index (χ3n) is 7.35. The first kappa shape index (κ1) is 35.3. The molecule has 6 rings (SSSR count). The summed E-state index contributed by atoms with van der Waals surface area (Å²) in [5, 5.41) is 2.07. The Bertz CT molecular complexity index is 1690. The van der Waals surface area contributed by atoms with E-state index in [1.807, 2.05) is 61.9 Å². The van der Waals surface area contributed by atoms with Crippen LogP contribution in [-0.4, -0.2) is 24.9 Å². The number of halogens is 1. The van der Waals surface area contributed by atoms with Crippen molar-refractivity contribution in [2.24, 2.45) is 0 Å². The van der Waals surface area contributed by atoms with Gasteiger partial charge in [-0.2, -0.15) is 0 Å². The van der Waals surface area contributed by atoms with Gasteiger partial charge >= 0.3 is 0 Å². The smallest absolute Gasteiger partial charge is 0.123 e. The van der Waals surface area contributed by atoms with Gasteiger partial charge in [0, 0.05) is 39.9 Å². The molecule has 0 bridgehead atoms. The van der Waals surface area contributed by atoms with Crippen molar-refractivity contribution in [1.82, 2.24) is 24.9 Å². The van der Waals surface area contributed by atoms with E-state index in [4.69, 9.17) is 17.3 Å². The molecule has 0 aliphatic heterocycles. The fourth-order valence-electron chi connectivity index (χ4n) is 4.62. The molecule has 4 N–H and O–H groups in total. The van der Waals surface area contributed by atoms with Gasteiger partial charge in [0.15, 0.2) is 0 Å². The molecule has 7 heteroatoms. The number of nitrogens with two attached hydrogens (primary N) is 1. The summed E-state index contributed by atoms with van der Waals surface area (Å²) in [6, 6.07) is 22.2. The van der Waals surface area contributed by atoms with Crippen LogP contribution in [0.2, 0.25) is 5.02 Å². The van der Waals surface area contributed by atoms with Crippen molar-refractivity contribution in [3.63, 3.8) is 0 Å². The lowest BCUT2D eigenvalue weighted by molar-refractivity contribution is 0.826. The molecule has 0 amide bonds. The largest absolute Gasteiger partial charge is 0.384 e. The quantitative estimate of drug-likeness (QED) is 0.182. The first-order chi connectivity index (χ1) is 21.3. The molecular weight excluding hydrogens is 576 g/mol. The van der Waals surface area contributed by atoms with Crippen LogP contribution in [0, 0.1) is 6.92 Å². The maximum absolute atomic E-state index is 5.79. The summed E-state index contributed by atoms with van der Waals surface area (Å²) >= 11 is 5.79. The predicted molar refractivity (Wildman–Crippen MR) is 193 cm³/mol. The average Bonchev–Trinajstić information content (AvgIpc) is 3.66. The first-order valence-electron chi connectivity index (χ1n) is 15.7. The summed E-state index contributed by atoms with van der Waals surface area (Å²) in [5.74, 6) is 2.71. The minimum Gasteiger partial charge on any atom is -0.384 e. The van der Waals surface area contributed by atoms with Crippen LogP contribution >= 0.6 is 11.6 Å². The average molecular weight is 625 g/mol. The van der Waals surface area contributed by atoms with Gasteiger partial charge in [0.1, 0.15) is 5.82 Å². The molecule has 5 heterocycles. The van der Waals surface area contributed by atoms with E-state index in [-0.39, 0.29) is 0 Å². The maximum Gasteiger partial charge on any atom is 0.123 e. The second-order valence-electron chi connectivity index (χ2n) is 12.4. The number of aromatic nitrogens is 5. The number of nitrogens with zero attached hydrogens (tertiary/aromatic N) is 3. The molecule has 0 aliphatic carbocycles. The topological polar surface area (TPSA) is 96.3 Å². The van der Waals surface area contributed by atoms with Gasteiger partial charge in [0.05, 0.1) is 22.7 Å². The lowest BCUT2D eigenvalue weighted by atomic mass is 10.0. The second-order valence-corrected chi connectivity index (χ2v) is 12.8. The summed E-state index contributed by atoms with van der Waals surface area (Å²) in [7, 11) is 0. The fourth-order valence-corrected chi connectivity index (χ4v) is 4.82. The highest BCUT2D eigenvalue weighted by atomic mass is 35.5. The van der Waals surface area contributed by atoms with Crippen LogP contribution in [0.5, 0.6) is 0 Å². The Morgan fingerprint density at radius 2 is 1.36 bits per heavy atom. The Balaban J connectivity index is 0.000000164. The third kappa shape index (κ3) is 10.8. The Labute approximate surface area is 273 Å². The number of hydrogen-bond donors (Lipinski definition) is 3. The Hall–Kier alpha value is -4.16. The molecule has 6 nitrogen and oxygen atoms in total. The number of rotatable bonds is 4. The van der Waals surface area contributed by atoms with Crippen LogP contribution in [0.4, 0.5) is 5.82 Å². The Morgan fingerprint density at radius 3 is 1.96 bits per heavy atom. The van der Waals surface area contributed by atoms with E-state index in [1.165, 1.54) is 16.5 Å². The van der Waals surface area contributed by atoms with Crippen molar-refractivity contribution >= 4 is 39.4 Å². The van der Waals surface area contributed by atoms with Crippen molar-refractivity contribution in [2.45, 2.75) is 86.0 Å². The number of nitrogen functional groups attached to an aromatic ring is 1. The number of fused-ring (bicyclic) bond motifs is 2. The molecule has 0 radical (unpaired) electrons. The Morgan fingerprint density at radius 1 is 0.667 bits per heavy atom. The molecule has 6 aromatic rings. The summed E-state index contributed by atoms with van der Waals surface area (Å²) in [4.78, 5) is 19.3. The van der Waals surface area contributed by atoms with E-state index in [0.29, 0.717) is 29.5 Å². The number of aromatic amines is 2. The minimum atomic E-state index is 0.504. The van der Waals surface area contributed by atoms with Crippen LogP contribution < -0.4 is 5.73 Å². The van der Waals surface area contributed by atoms with Crippen molar-refractivity contribution in [3.05, 3.63) is 119 Å². The summed E-state index contributed by atoms with van der Waals surface area (Å²) < 4.78 is 0. The van der Waals surface area contributed by atoms with Gasteiger partial charge in [-0.3, -0.25) is 9.97 Å². The number of H-pyrrole nitrogens is 2. The maximum atomic E-state index is 5.79. The van der Waals surface area contributed by atoms with E-state index < -0.39 is 0 Å². The number of pyridine rings is 3. The second kappa shape index (κ2) is 16.8. The molecule has 45 heavy (non-hydrogen) atoms. The van der Waals surface area contributed by atoms with Gasteiger partial charge in [0.2, 0.25) is 0 Å². The number of nitrogens with one attached hydrogen (secondary N) is 2. The Kier molecular flexibility index (Phi) is 13.2. The van der Waals surface area contributed by atoms with Crippen molar-refractivity contribution in [3.8, 4) is 0 Å². The van der Waals surface area contributed by atoms with Gasteiger partial charge in [0.25, 0.3) is 0 Å². The summed E-state index contributed by atoms with van der Waals surface area (Å²) in [6.07, 6.45) is 5.75. The van der Waals surface area contributed by atoms with Crippen molar-refractivity contribution in [1.29, 1.82) is 0 Å². The molecule has 0 fully saturated rings. The molecule has 1 aromatic carbocycles. The van der Waals surface area contributed by atoms with Crippen LogP contribution in [0.15, 0.2) is 85.3 Å². The molecule has 238 valence electrons. The van der Waals surface area contributed by atoms with E-state index in [2.05, 4.69) is 111 Å². The van der Waals surface area contributed by atoms with Gasteiger partial charge in [-0.1, -0.05) is 85.2 Å². The molecule has 0 spiro atoms. The zero-order valence-electron chi connectivity index (χ0n) is 28.2. The monoisotopic (exact) mass is 624 g/mol. The fraction of sp³-hybridized carbons (Fsp3) is 0.342. The third-order valence-corrected chi connectivity index (χ3v) is 7.59. The van der Waals surface area contributed by atoms with E-state index in [1.54, 1.807) is 0 Å². The molecule has 0 saturated carbocycles. The van der Waals surface area contributed by atoms with E-state index >= 15 is 0 Å². The van der Waals surface area contributed by atoms with Crippen molar-refractivity contribution < 1.29 is 0 Å². The van der Waals surface area contributed by atoms with Crippen LogP contribution in [-0.2, 0) is 0 Å². The summed E-state index contributed by atoms with van der Waals surface area (Å²) in [6.45, 7) is 19.2. The van der Waals surface area contributed by atoms with Gasteiger partial charge in [-0.25, -0.2) is 4.98 Å². The van der Waals surface area contributed by atoms with E-state index in [9.17, 15) is 0 Å².